The molecule has 1 aromatic rings. The Morgan fingerprint density at radius 3 is 2.50 bits per heavy atom. The van der Waals surface area contributed by atoms with E-state index in [9.17, 15) is 13.2 Å². The molecule has 7 heteroatoms. The van der Waals surface area contributed by atoms with Crippen molar-refractivity contribution in [1.82, 2.24) is 9.62 Å². The zero-order valence-electron chi connectivity index (χ0n) is 16.2. The SMILES string of the molecule is Cc1ccc(S(=O)(=O)NCC2CCCN(C(=O)[C@@H](N)C(C)(C)C)C2)cc1. The van der Waals surface area contributed by atoms with E-state index < -0.39 is 16.1 Å². The van der Waals surface area contributed by atoms with Gasteiger partial charge >= 0.3 is 0 Å². The molecule has 0 bridgehead atoms. The number of nitrogens with zero attached hydrogens (tertiary/aromatic N) is 1. The van der Waals surface area contributed by atoms with Crippen LogP contribution in [-0.2, 0) is 14.8 Å². The molecule has 0 aromatic heterocycles. The fraction of sp³-hybridized carbons (Fsp3) is 0.632. The number of piperidine rings is 1. The van der Waals surface area contributed by atoms with Crippen LogP contribution in [0.4, 0.5) is 0 Å². The van der Waals surface area contributed by atoms with Gasteiger partial charge in [-0.05, 0) is 43.2 Å². The van der Waals surface area contributed by atoms with Crippen molar-refractivity contribution in [2.75, 3.05) is 19.6 Å². The van der Waals surface area contributed by atoms with Gasteiger partial charge < -0.3 is 10.6 Å². The van der Waals surface area contributed by atoms with Gasteiger partial charge in [-0.1, -0.05) is 38.5 Å². The minimum Gasteiger partial charge on any atom is -0.341 e. The summed E-state index contributed by atoms with van der Waals surface area (Å²) < 4.78 is 27.5. The van der Waals surface area contributed by atoms with Gasteiger partial charge in [0.05, 0.1) is 10.9 Å². The molecular weight excluding hydrogens is 350 g/mol. The Bertz CT molecular complexity index is 723. The second kappa shape index (κ2) is 8.06. The van der Waals surface area contributed by atoms with Crippen LogP contribution < -0.4 is 10.5 Å². The average molecular weight is 382 g/mol. The molecule has 1 aliphatic heterocycles. The molecule has 0 aliphatic carbocycles. The fourth-order valence-electron chi connectivity index (χ4n) is 3.03. The summed E-state index contributed by atoms with van der Waals surface area (Å²) in [4.78, 5) is 14.7. The highest BCUT2D eigenvalue weighted by molar-refractivity contribution is 7.89. The molecule has 1 heterocycles. The lowest BCUT2D eigenvalue weighted by Gasteiger charge is -2.37. The maximum Gasteiger partial charge on any atom is 0.240 e. The van der Waals surface area contributed by atoms with E-state index in [2.05, 4.69) is 4.72 Å². The zero-order valence-corrected chi connectivity index (χ0v) is 17.0. The third-order valence-electron chi connectivity index (χ3n) is 4.92. The summed E-state index contributed by atoms with van der Waals surface area (Å²) >= 11 is 0. The van der Waals surface area contributed by atoms with Crippen LogP contribution >= 0.6 is 0 Å². The first-order chi connectivity index (χ1) is 12.0. The summed E-state index contributed by atoms with van der Waals surface area (Å²) in [5.74, 6) is 0.0451. The summed E-state index contributed by atoms with van der Waals surface area (Å²) in [5, 5.41) is 0. The third-order valence-corrected chi connectivity index (χ3v) is 6.36. The Hall–Kier alpha value is -1.44. The number of nitrogens with two attached hydrogens (primary N) is 1. The molecule has 0 saturated carbocycles. The van der Waals surface area contributed by atoms with E-state index in [1.54, 1.807) is 29.2 Å². The quantitative estimate of drug-likeness (QED) is 0.814. The van der Waals surface area contributed by atoms with E-state index in [0.29, 0.717) is 19.6 Å². The molecule has 2 atom stereocenters. The number of likely N-dealkylation sites (tertiary alicyclic amines) is 1. The third kappa shape index (κ3) is 5.28. The van der Waals surface area contributed by atoms with Crippen LogP contribution in [0.5, 0.6) is 0 Å². The molecule has 1 amide bonds. The molecule has 26 heavy (non-hydrogen) atoms. The number of nitrogens with one attached hydrogen (secondary N) is 1. The highest BCUT2D eigenvalue weighted by Crippen LogP contribution is 2.23. The van der Waals surface area contributed by atoms with Crippen molar-refractivity contribution in [1.29, 1.82) is 0 Å². The molecule has 1 aromatic carbocycles. The Balaban J connectivity index is 1.96. The molecule has 6 nitrogen and oxygen atoms in total. The van der Waals surface area contributed by atoms with Crippen LogP contribution in [0.25, 0.3) is 0 Å². The zero-order chi connectivity index (χ0) is 19.5. The van der Waals surface area contributed by atoms with Crippen LogP contribution in [0.2, 0.25) is 0 Å². The molecule has 146 valence electrons. The van der Waals surface area contributed by atoms with E-state index in [0.717, 1.165) is 18.4 Å². The Kier molecular flexibility index (Phi) is 6.47. The Labute approximate surface area is 157 Å². The van der Waals surface area contributed by atoms with Crippen molar-refractivity contribution in [2.45, 2.75) is 51.5 Å². The number of sulfonamides is 1. The number of hydrogen-bond donors (Lipinski definition) is 2. The molecule has 1 aliphatic rings. The monoisotopic (exact) mass is 381 g/mol. The summed E-state index contributed by atoms with van der Waals surface area (Å²) in [6.45, 7) is 9.32. The van der Waals surface area contributed by atoms with Gasteiger partial charge in [0.25, 0.3) is 0 Å². The number of amides is 1. The van der Waals surface area contributed by atoms with E-state index in [-0.39, 0.29) is 22.1 Å². The molecule has 1 saturated heterocycles. The summed E-state index contributed by atoms with van der Waals surface area (Å²) in [6.07, 6.45) is 1.75. The predicted molar refractivity (Wildman–Crippen MR) is 103 cm³/mol. The maximum atomic E-state index is 12.6. The minimum absolute atomic E-state index is 0.0522. The van der Waals surface area contributed by atoms with Gasteiger partial charge in [0.15, 0.2) is 0 Å². The van der Waals surface area contributed by atoms with Crippen molar-refractivity contribution in [2.24, 2.45) is 17.1 Å². The van der Waals surface area contributed by atoms with Crippen molar-refractivity contribution in [3.63, 3.8) is 0 Å². The molecule has 1 fully saturated rings. The van der Waals surface area contributed by atoms with Gasteiger partial charge in [0.1, 0.15) is 0 Å². The number of benzene rings is 1. The number of carbonyl (C=O) groups excluding carboxylic acids is 1. The number of rotatable bonds is 5. The minimum atomic E-state index is -3.53. The van der Waals surface area contributed by atoms with E-state index in [4.69, 9.17) is 5.73 Å². The summed E-state index contributed by atoms with van der Waals surface area (Å²) in [7, 11) is -3.53. The van der Waals surface area contributed by atoms with Crippen LogP contribution in [0.1, 0.15) is 39.2 Å². The van der Waals surface area contributed by atoms with Gasteiger partial charge in [-0.3, -0.25) is 4.79 Å². The van der Waals surface area contributed by atoms with Gasteiger partial charge in [-0.2, -0.15) is 0 Å². The molecule has 3 N–H and O–H groups in total. The lowest BCUT2D eigenvalue weighted by molar-refractivity contribution is -0.136. The first-order valence-corrected chi connectivity index (χ1v) is 10.6. The first-order valence-electron chi connectivity index (χ1n) is 9.11. The number of carbonyl (C=O) groups is 1. The molecular formula is C19H31N3O3S. The van der Waals surface area contributed by atoms with Crippen LogP contribution in [0.3, 0.4) is 0 Å². The van der Waals surface area contributed by atoms with Crippen molar-refractivity contribution in [3.8, 4) is 0 Å². The largest absolute Gasteiger partial charge is 0.341 e. The second-order valence-electron chi connectivity index (χ2n) is 8.30. The number of aryl methyl sites for hydroxylation is 1. The highest BCUT2D eigenvalue weighted by atomic mass is 32.2. The van der Waals surface area contributed by atoms with E-state index >= 15 is 0 Å². The second-order valence-corrected chi connectivity index (χ2v) is 10.1. The normalized spacial score (nSPS) is 20.0. The van der Waals surface area contributed by atoms with Crippen LogP contribution in [0.15, 0.2) is 29.2 Å². The van der Waals surface area contributed by atoms with Gasteiger partial charge in [-0.25, -0.2) is 13.1 Å². The number of hydrogen-bond acceptors (Lipinski definition) is 4. The first kappa shape index (κ1) is 20.9. The Morgan fingerprint density at radius 1 is 1.31 bits per heavy atom. The predicted octanol–water partition coefficient (Wildman–Crippen LogP) is 1.89. The van der Waals surface area contributed by atoms with Crippen LogP contribution in [-0.4, -0.2) is 44.9 Å². The van der Waals surface area contributed by atoms with Gasteiger partial charge in [-0.15, -0.1) is 0 Å². The Morgan fingerprint density at radius 2 is 1.92 bits per heavy atom. The topological polar surface area (TPSA) is 92.5 Å². The van der Waals surface area contributed by atoms with Crippen molar-refractivity contribution < 1.29 is 13.2 Å². The highest BCUT2D eigenvalue weighted by Gasteiger charge is 2.33. The lowest BCUT2D eigenvalue weighted by Crippen LogP contribution is -2.53. The van der Waals surface area contributed by atoms with Crippen molar-refractivity contribution in [3.05, 3.63) is 29.8 Å². The van der Waals surface area contributed by atoms with E-state index in [1.807, 2.05) is 27.7 Å². The summed E-state index contributed by atoms with van der Waals surface area (Å²) in [5.41, 5.74) is 6.82. The molecule has 0 radical (unpaired) electrons. The average Bonchev–Trinajstić information content (AvgIpc) is 2.58. The smallest absolute Gasteiger partial charge is 0.240 e. The molecule has 1 unspecified atom stereocenters. The fourth-order valence-corrected chi connectivity index (χ4v) is 4.14. The van der Waals surface area contributed by atoms with Gasteiger partial charge in [0, 0.05) is 19.6 Å². The molecule has 0 spiro atoms. The van der Waals surface area contributed by atoms with E-state index in [1.165, 1.54) is 0 Å². The molecule has 2 rings (SSSR count). The lowest BCUT2D eigenvalue weighted by atomic mass is 9.86. The van der Waals surface area contributed by atoms with Gasteiger partial charge in [0.2, 0.25) is 15.9 Å². The van der Waals surface area contributed by atoms with Crippen molar-refractivity contribution >= 4 is 15.9 Å². The maximum absolute atomic E-state index is 12.6. The summed E-state index contributed by atoms with van der Waals surface area (Å²) in [6, 6.07) is 6.23. The standard InChI is InChI=1S/C19H31N3O3S/c1-14-7-9-16(10-8-14)26(24,25)21-12-15-6-5-11-22(13-15)18(23)17(20)19(2,3)4/h7-10,15,17,21H,5-6,11-13,20H2,1-4H3/t15?,17-/m1/s1. The van der Waals surface area contributed by atoms with Crippen LogP contribution in [0, 0.1) is 18.3 Å².